The average Bonchev–Trinajstić information content (AvgIpc) is 2.94. The molecule has 10 nitrogen and oxygen atoms in total. The molecule has 0 aromatic carbocycles. The SMILES string of the molecule is CCn1cc(S(=O)(=O)NCc2nc(OC)nc(N(C)C)n2)nc1C. The molecule has 0 aliphatic carbocycles. The molecule has 11 heteroatoms. The Morgan fingerprint density at radius 2 is 1.96 bits per heavy atom. The van der Waals surface area contributed by atoms with E-state index in [0.29, 0.717) is 18.3 Å². The molecule has 2 aromatic rings. The molecule has 0 saturated heterocycles. The van der Waals surface area contributed by atoms with E-state index in [0.717, 1.165) is 0 Å². The summed E-state index contributed by atoms with van der Waals surface area (Å²) in [4.78, 5) is 18.0. The number of rotatable bonds is 7. The van der Waals surface area contributed by atoms with Crippen LogP contribution in [0.2, 0.25) is 0 Å². The predicted octanol–water partition coefficient (Wildman–Crippen LogP) is -0.0505. The molecule has 0 aliphatic heterocycles. The Morgan fingerprint density at radius 3 is 2.50 bits per heavy atom. The Hall–Kier alpha value is -2.27. The van der Waals surface area contributed by atoms with E-state index in [2.05, 4.69) is 24.7 Å². The second-order valence-electron chi connectivity index (χ2n) is 5.17. The van der Waals surface area contributed by atoms with E-state index in [1.165, 1.54) is 13.3 Å². The molecule has 0 fully saturated rings. The molecule has 0 aliphatic rings. The van der Waals surface area contributed by atoms with Crippen molar-refractivity contribution in [1.29, 1.82) is 0 Å². The lowest BCUT2D eigenvalue weighted by Crippen LogP contribution is -2.25. The fourth-order valence-corrected chi connectivity index (χ4v) is 2.90. The van der Waals surface area contributed by atoms with Crippen molar-refractivity contribution >= 4 is 16.0 Å². The van der Waals surface area contributed by atoms with Gasteiger partial charge in [-0.05, 0) is 13.8 Å². The predicted molar refractivity (Wildman–Crippen MR) is 87.4 cm³/mol. The van der Waals surface area contributed by atoms with Crippen molar-refractivity contribution in [3.8, 4) is 6.01 Å². The van der Waals surface area contributed by atoms with Crippen molar-refractivity contribution < 1.29 is 13.2 Å². The number of nitrogens with one attached hydrogen (secondary N) is 1. The van der Waals surface area contributed by atoms with E-state index >= 15 is 0 Å². The van der Waals surface area contributed by atoms with Gasteiger partial charge in [0.05, 0.1) is 13.7 Å². The van der Waals surface area contributed by atoms with Gasteiger partial charge < -0.3 is 14.2 Å². The van der Waals surface area contributed by atoms with Crippen molar-refractivity contribution in [3.05, 3.63) is 17.8 Å². The second-order valence-corrected chi connectivity index (χ2v) is 6.88. The van der Waals surface area contributed by atoms with Crippen LogP contribution < -0.4 is 14.4 Å². The lowest BCUT2D eigenvalue weighted by atomic mass is 10.6. The van der Waals surface area contributed by atoms with Crippen LogP contribution in [-0.2, 0) is 23.1 Å². The highest BCUT2D eigenvalue weighted by Gasteiger charge is 2.20. The summed E-state index contributed by atoms with van der Waals surface area (Å²) in [6.45, 7) is 4.21. The van der Waals surface area contributed by atoms with Gasteiger partial charge in [0.25, 0.3) is 10.0 Å². The quantitative estimate of drug-likeness (QED) is 0.735. The summed E-state index contributed by atoms with van der Waals surface area (Å²) in [5.41, 5.74) is 0. The van der Waals surface area contributed by atoms with Crippen LogP contribution in [0.4, 0.5) is 5.95 Å². The van der Waals surface area contributed by atoms with Gasteiger partial charge >= 0.3 is 6.01 Å². The fraction of sp³-hybridized carbons (Fsp3) is 0.538. The molecule has 2 rings (SSSR count). The maximum atomic E-state index is 12.4. The molecule has 2 aromatic heterocycles. The van der Waals surface area contributed by atoms with Crippen molar-refractivity contribution in [2.45, 2.75) is 32.0 Å². The Kier molecular flexibility index (Phi) is 5.34. The maximum absolute atomic E-state index is 12.4. The lowest BCUT2D eigenvalue weighted by Gasteiger charge is -2.12. The topological polar surface area (TPSA) is 115 Å². The zero-order chi connectivity index (χ0) is 17.9. The summed E-state index contributed by atoms with van der Waals surface area (Å²) in [6, 6.07) is 0.119. The van der Waals surface area contributed by atoms with Gasteiger partial charge in [-0.3, -0.25) is 0 Å². The number of aryl methyl sites for hydroxylation is 2. The van der Waals surface area contributed by atoms with Gasteiger partial charge in [0.2, 0.25) is 5.95 Å². The normalized spacial score (nSPS) is 11.5. The van der Waals surface area contributed by atoms with E-state index < -0.39 is 10.0 Å². The van der Waals surface area contributed by atoms with Gasteiger partial charge in [0.1, 0.15) is 5.82 Å². The molecule has 0 bridgehead atoms. The third kappa shape index (κ3) is 3.97. The minimum atomic E-state index is -3.76. The van der Waals surface area contributed by atoms with Gasteiger partial charge in [-0.15, -0.1) is 0 Å². The molecule has 0 amide bonds. The van der Waals surface area contributed by atoms with E-state index in [1.54, 1.807) is 30.5 Å². The molecule has 0 radical (unpaired) electrons. The summed E-state index contributed by atoms with van der Waals surface area (Å²) in [5.74, 6) is 1.26. The first-order valence-electron chi connectivity index (χ1n) is 7.26. The first-order valence-corrected chi connectivity index (χ1v) is 8.74. The first kappa shape index (κ1) is 18.1. The number of aromatic nitrogens is 5. The van der Waals surface area contributed by atoms with Crippen LogP contribution in [0.15, 0.2) is 11.2 Å². The number of hydrogen-bond donors (Lipinski definition) is 1. The molecule has 132 valence electrons. The summed E-state index contributed by atoms with van der Waals surface area (Å²) in [7, 11) is 1.21. The molecular formula is C13H21N7O3S. The number of ether oxygens (including phenoxy) is 1. The third-order valence-electron chi connectivity index (χ3n) is 3.22. The highest BCUT2D eigenvalue weighted by atomic mass is 32.2. The van der Waals surface area contributed by atoms with Gasteiger partial charge in [-0.1, -0.05) is 0 Å². The monoisotopic (exact) mass is 355 g/mol. The molecule has 2 heterocycles. The fourth-order valence-electron chi connectivity index (χ4n) is 1.92. The lowest BCUT2D eigenvalue weighted by molar-refractivity contribution is 0.375. The molecule has 0 atom stereocenters. The van der Waals surface area contributed by atoms with Crippen LogP contribution >= 0.6 is 0 Å². The Balaban J connectivity index is 2.21. The van der Waals surface area contributed by atoms with E-state index in [1.807, 2.05) is 6.92 Å². The molecule has 1 N–H and O–H groups in total. The number of nitrogens with zero attached hydrogens (tertiary/aromatic N) is 6. The smallest absolute Gasteiger partial charge is 0.321 e. The Labute approximate surface area is 141 Å². The minimum Gasteiger partial charge on any atom is -0.467 e. The first-order chi connectivity index (χ1) is 11.3. The second kappa shape index (κ2) is 7.09. The number of imidazole rings is 1. The van der Waals surface area contributed by atoms with Gasteiger partial charge in [-0.2, -0.15) is 15.0 Å². The third-order valence-corrected chi connectivity index (χ3v) is 4.49. The van der Waals surface area contributed by atoms with Gasteiger partial charge in [0, 0.05) is 26.8 Å². The highest BCUT2D eigenvalue weighted by Crippen LogP contribution is 2.12. The molecule has 0 spiro atoms. The van der Waals surface area contributed by atoms with Crippen LogP contribution in [0.25, 0.3) is 0 Å². The average molecular weight is 355 g/mol. The largest absolute Gasteiger partial charge is 0.467 e. The van der Waals surface area contributed by atoms with Crippen LogP contribution in [-0.4, -0.2) is 54.1 Å². The number of hydrogen-bond acceptors (Lipinski definition) is 8. The van der Waals surface area contributed by atoms with E-state index in [4.69, 9.17) is 4.74 Å². The van der Waals surface area contributed by atoms with Crippen molar-refractivity contribution in [2.24, 2.45) is 0 Å². The molecule has 0 unspecified atom stereocenters. The van der Waals surface area contributed by atoms with Crippen molar-refractivity contribution in [1.82, 2.24) is 29.2 Å². The highest BCUT2D eigenvalue weighted by molar-refractivity contribution is 7.89. The van der Waals surface area contributed by atoms with E-state index in [-0.39, 0.29) is 23.4 Å². The standard InChI is InChI=1S/C13H21N7O3S/c1-6-20-8-11(15-9(20)2)24(21,22)14-7-10-16-12(19(3)4)18-13(17-10)23-5/h8,14H,6-7H2,1-5H3. The maximum Gasteiger partial charge on any atom is 0.321 e. The van der Waals surface area contributed by atoms with Crippen LogP contribution in [0.1, 0.15) is 18.6 Å². The molecular weight excluding hydrogens is 334 g/mol. The Morgan fingerprint density at radius 1 is 1.25 bits per heavy atom. The summed E-state index contributed by atoms with van der Waals surface area (Å²) in [6.07, 6.45) is 1.50. The van der Waals surface area contributed by atoms with Crippen LogP contribution in [0.3, 0.4) is 0 Å². The Bertz CT molecular complexity index is 817. The molecule has 0 saturated carbocycles. The van der Waals surface area contributed by atoms with Crippen molar-refractivity contribution in [2.75, 3.05) is 26.1 Å². The number of sulfonamides is 1. The molecule has 24 heavy (non-hydrogen) atoms. The van der Waals surface area contributed by atoms with E-state index in [9.17, 15) is 8.42 Å². The van der Waals surface area contributed by atoms with Crippen LogP contribution in [0, 0.1) is 6.92 Å². The minimum absolute atomic E-state index is 0.0318. The zero-order valence-corrected chi connectivity index (χ0v) is 15.1. The zero-order valence-electron chi connectivity index (χ0n) is 14.3. The van der Waals surface area contributed by atoms with Crippen molar-refractivity contribution in [3.63, 3.8) is 0 Å². The summed E-state index contributed by atoms with van der Waals surface area (Å²) < 4.78 is 33.9. The number of methoxy groups -OCH3 is 1. The van der Waals surface area contributed by atoms with Gasteiger partial charge in [-0.25, -0.2) is 18.1 Å². The summed E-state index contributed by atoms with van der Waals surface area (Å²) >= 11 is 0. The number of anilines is 1. The summed E-state index contributed by atoms with van der Waals surface area (Å²) in [5, 5.41) is -0.0318. The van der Waals surface area contributed by atoms with Crippen LogP contribution in [0.5, 0.6) is 6.01 Å². The van der Waals surface area contributed by atoms with Gasteiger partial charge in [0.15, 0.2) is 10.9 Å².